The second kappa shape index (κ2) is 12.2. The Labute approximate surface area is 208 Å². The molecule has 0 unspecified atom stereocenters. The Kier molecular flexibility index (Phi) is 9.03. The summed E-state index contributed by atoms with van der Waals surface area (Å²) in [5.41, 5.74) is 3.26. The summed E-state index contributed by atoms with van der Waals surface area (Å²) in [6.07, 6.45) is 1.39. The lowest BCUT2D eigenvalue weighted by Gasteiger charge is -2.09. The summed E-state index contributed by atoms with van der Waals surface area (Å²) < 4.78 is 18.0. The van der Waals surface area contributed by atoms with E-state index in [1.807, 2.05) is 19.1 Å². The average molecular weight is 576 g/mol. The van der Waals surface area contributed by atoms with Crippen LogP contribution in [0.5, 0.6) is 17.2 Å². The second-order valence-corrected chi connectivity index (χ2v) is 8.40. The number of hydrogen-bond acceptors (Lipinski definition) is 6. The van der Waals surface area contributed by atoms with Gasteiger partial charge in [-0.3, -0.25) is 4.79 Å². The third-order valence-corrected chi connectivity index (χ3v) is 5.17. The Bertz CT molecular complexity index is 1130. The lowest BCUT2D eigenvalue weighted by molar-refractivity contribution is -0.123. The molecule has 0 aromatic heterocycles. The molecule has 0 radical (unpaired) electrons. The first-order valence-electron chi connectivity index (χ1n) is 9.89. The third-order valence-electron chi connectivity index (χ3n) is 4.15. The number of halogens is 2. The molecule has 0 aliphatic heterocycles. The van der Waals surface area contributed by atoms with Crippen LogP contribution in [0.1, 0.15) is 22.8 Å². The van der Waals surface area contributed by atoms with Crippen molar-refractivity contribution in [3.8, 4) is 17.2 Å². The number of ether oxygens (including phenoxy) is 3. The predicted molar refractivity (Wildman–Crippen MR) is 132 cm³/mol. The fraction of sp³-hybridized carbons (Fsp3) is 0.125. The summed E-state index contributed by atoms with van der Waals surface area (Å²) in [5.74, 6) is 0.568. The van der Waals surface area contributed by atoms with Gasteiger partial charge >= 0.3 is 5.97 Å². The summed E-state index contributed by atoms with van der Waals surface area (Å²) in [5, 5.41) is 3.94. The Balaban J connectivity index is 1.60. The number of nitrogens with one attached hydrogen (secondary N) is 1. The number of hydrogen-bond donors (Lipinski definition) is 1. The zero-order chi connectivity index (χ0) is 23.6. The minimum atomic E-state index is -0.526. The lowest BCUT2D eigenvalue weighted by Crippen LogP contribution is -2.24. The fourth-order valence-electron chi connectivity index (χ4n) is 2.61. The fourth-order valence-corrected chi connectivity index (χ4v) is 3.25. The second-order valence-electron chi connectivity index (χ2n) is 6.56. The standard InChI is InChI=1S/C24H20Br2N2O5/c1-2-31-20-8-3-16(4-9-20)24(30)33-22-12-7-19(26)13-17(22)14-27-28-23(29)15-32-21-10-5-18(25)6-11-21/h3-14H,2,15H2,1H3,(H,28,29)/b27-14+. The van der Waals surface area contributed by atoms with Crippen molar-refractivity contribution >= 4 is 50.0 Å². The molecule has 1 N–H and O–H groups in total. The first-order valence-corrected chi connectivity index (χ1v) is 11.5. The van der Waals surface area contributed by atoms with Crippen molar-refractivity contribution in [3.05, 3.63) is 86.8 Å². The van der Waals surface area contributed by atoms with Crippen molar-refractivity contribution in [3.63, 3.8) is 0 Å². The maximum atomic E-state index is 12.5. The molecule has 0 fully saturated rings. The van der Waals surface area contributed by atoms with Gasteiger partial charge in [0, 0.05) is 14.5 Å². The summed E-state index contributed by atoms with van der Waals surface area (Å²) in [4.78, 5) is 24.5. The molecule has 3 aromatic rings. The van der Waals surface area contributed by atoms with Gasteiger partial charge in [-0.05, 0) is 73.7 Å². The van der Waals surface area contributed by atoms with Crippen molar-refractivity contribution in [1.82, 2.24) is 5.43 Å². The molecule has 0 saturated carbocycles. The number of hydrazone groups is 1. The Morgan fingerprint density at radius 2 is 1.55 bits per heavy atom. The number of carbonyl (C=O) groups excluding carboxylic acids is 2. The highest BCUT2D eigenvalue weighted by atomic mass is 79.9. The first kappa shape index (κ1) is 24.5. The molecule has 0 saturated heterocycles. The van der Waals surface area contributed by atoms with Gasteiger partial charge < -0.3 is 14.2 Å². The van der Waals surface area contributed by atoms with Crippen LogP contribution in [-0.2, 0) is 4.79 Å². The Morgan fingerprint density at radius 3 is 2.24 bits per heavy atom. The van der Waals surface area contributed by atoms with Crippen LogP contribution in [0.2, 0.25) is 0 Å². The number of esters is 1. The van der Waals surface area contributed by atoms with Crippen LogP contribution in [-0.4, -0.2) is 31.3 Å². The van der Waals surface area contributed by atoms with Gasteiger partial charge in [-0.1, -0.05) is 31.9 Å². The van der Waals surface area contributed by atoms with Crippen molar-refractivity contribution < 1.29 is 23.8 Å². The third kappa shape index (κ3) is 7.73. The topological polar surface area (TPSA) is 86.2 Å². The minimum absolute atomic E-state index is 0.197. The van der Waals surface area contributed by atoms with E-state index in [1.165, 1.54) is 6.21 Å². The highest BCUT2D eigenvalue weighted by Crippen LogP contribution is 2.23. The van der Waals surface area contributed by atoms with Crippen LogP contribution in [0.4, 0.5) is 0 Å². The molecule has 3 rings (SSSR count). The molecule has 7 nitrogen and oxygen atoms in total. The van der Waals surface area contributed by atoms with Crippen LogP contribution in [0.25, 0.3) is 0 Å². The Hall–Kier alpha value is -3.17. The van der Waals surface area contributed by atoms with Gasteiger partial charge in [0.05, 0.1) is 18.4 Å². The molecule has 0 heterocycles. The number of nitrogens with zero attached hydrogens (tertiary/aromatic N) is 1. The van der Waals surface area contributed by atoms with Crippen LogP contribution in [0, 0.1) is 0 Å². The van der Waals surface area contributed by atoms with Gasteiger partial charge in [-0.15, -0.1) is 0 Å². The first-order chi connectivity index (χ1) is 15.9. The molecule has 33 heavy (non-hydrogen) atoms. The number of rotatable bonds is 9. The summed E-state index contributed by atoms with van der Waals surface area (Å²) in [6.45, 7) is 2.23. The van der Waals surface area contributed by atoms with E-state index < -0.39 is 11.9 Å². The molecular formula is C24H20Br2N2O5. The van der Waals surface area contributed by atoms with E-state index in [0.29, 0.717) is 35.0 Å². The van der Waals surface area contributed by atoms with E-state index in [9.17, 15) is 9.59 Å². The largest absolute Gasteiger partial charge is 0.494 e. The van der Waals surface area contributed by atoms with Gasteiger partial charge in [0.15, 0.2) is 6.61 Å². The lowest BCUT2D eigenvalue weighted by atomic mass is 10.2. The zero-order valence-corrected chi connectivity index (χ0v) is 20.8. The molecular weight excluding hydrogens is 556 g/mol. The normalized spacial score (nSPS) is 10.6. The molecule has 0 bridgehead atoms. The molecule has 0 atom stereocenters. The molecule has 9 heteroatoms. The van der Waals surface area contributed by atoms with E-state index >= 15 is 0 Å². The van der Waals surface area contributed by atoms with Crippen molar-refractivity contribution in [1.29, 1.82) is 0 Å². The van der Waals surface area contributed by atoms with Crippen molar-refractivity contribution in [2.24, 2.45) is 5.10 Å². The van der Waals surface area contributed by atoms with E-state index in [2.05, 4.69) is 42.4 Å². The van der Waals surface area contributed by atoms with Gasteiger partial charge in [-0.25, -0.2) is 10.2 Å². The van der Waals surface area contributed by atoms with Gasteiger partial charge in [0.25, 0.3) is 5.91 Å². The van der Waals surface area contributed by atoms with Crippen molar-refractivity contribution in [2.45, 2.75) is 6.92 Å². The molecule has 1 amide bonds. The van der Waals surface area contributed by atoms with E-state index in [4.69, 9.17) is 14.2 Å². The number of benzene rings is 3. The van der Waals surface area contributed by atoms with Gasteiger partial charge in [-0.2, -0.15) is 5.10 Å². The number of amides is 1. The highest BCUT2D eigenvalue weighted by Gasteiger charge is 2.12. The summed E-state index contributed by atoms with van der Waals surface area (Å²) in [7, 11) is 0. The maximum Gasteiger partial charge on any atom is 0.343 e. The molecule has 3 aromatic carbocycles. The SMILES string of the molecule is CCOc1ccc(C(=O)Oc2ccc(Br)cc2/C=N/NC(=O)COc2ccc(Br)cc2)cc1. The van der Waals surface area contributed by atoms with E-state index in [1.54, 1.807) is 54.6 Å². The van der Waals surface area contributed by atoms with Crippen LogP contribution in [0.3, 0.4) is 0 Å². The smallest absolute Gasteiger partial charge is 0.343 e. The quantitative estimate of drug-likeness (QED) is 0.161. The predicted octanol–water partition coefficient (Wildman–Crippen LogP) is 5.36. The van der Waals surface area contributed by atoms with Gasteiger partial charge in [0.1, 0.15) is 17.2 Å². The summed E-state index contributed by atoms with van der Waals surface area (Å²) in [6, 6.07) is 18.9. The Morgan fingerprint density at radius 1 is 0.909 bits per heavy atom. The average Bonchev–Trinajstić information content (AvgIpc) is 2.81. The van der Waals surface area contributed by atoms with Crippen LogP contribution < -0.4 is 19.6 Å². The molecule has 0 aliphatic carbocycles. The zero-order valence-electron chi connectivity index (χ0n) is 17.6. The van der Waals surface area contributed by atoms with E-state index in [-0.39, 0.29) is 6.61 Å². The molecule has 0 spiro atoms. The minimum Gasteiger partial charge on any atom is -0.494 e. The van der Waals surface area contributed by atoms with Crippen LogP contribution in [0.15, 0.2) is 80.8 Å². The molecule has 170 valence electrons. The van der Waals surface area contributed by atoms with Crippen LogP contribution >= 0.6 is 31.9 Å². The maximum absolute atomic E-state index is 12.5. The van der Waals surface area contributed by atoms with Gasteiger partial charge in [0.2, 0.25) is 0 Å². The molecule has 0 aliphatic rings. The number of carbonyl (C=O) groups is 2. The van der Waals surface area contributed by atoms with Crippen molar-refractivity contribution in [2.75, 3.05) is 13.2 Å². The monoisotopic (exact) mass is 574 g/mol. The highest BCUT2D eigenvalue weighted by molar-refractivity contribution is 9.10. The van der Waals surface area contributed by atoms with E-state index in [0.717, 1.165) is 8.95 Å². The summed E-state index contributed by atoms with van der Waals surface area (Å²) >= 11 is 6.72.